The first-order chi connectivity index (χ1) is 9.68. The van der Waals surface area contributed by atoms with Crippen LogP contribution in [0.5, 0.6) is 0 Å². The van der Waals surface area contributed by atoms with Crippen LogP contribution in [0, 0.1) is 6.92 Å². The van der Waals surface area contributed by atoms with Crippen molar-refractivity contribution in [3.8, 4) is 0 Å². The molecule has 0 aromatic heterocycles. The molecule has 0 saturated carbocycles. The molecular weight excluding hydrogens is 312 g/mol. The summed E-state index contributed by atoms with van der Waals surface area (Å²) in [7, 11) is -3.61. The summed E-state index contributed by atoms with van der Waals surface area (Å²) in [5, 5.41) is 3.13. The average Bonchev–Trinajstić information content (AvgIpc) is 2.38. The Morgan fingerprint density at radius 2 is 2.05 bits per heavy atom. The molecule has 0 unspecified atom stereocenters. The number of carbonyl (C=O) groups is 1. The molecule has 0 aliphatic carbocycles. The van der Waals surface area contributed by atoms with Crippen molar-refractivity contribution in [3.63, 3.8) is 0 Å². The van der Waals surface area contributed by atoms with E-state index in [9.17, 15) is 13.2 Å². The van der Waals surface area contributed by atoms with E-state index in [0.29, 0.717) is 17.3 Å². The molecule has 0 spiro atoms. The van der Waals surface area contributed by atoms with Gasteiger partial charge in [-0.2, -0.15) is 0 Å². The molecule has 0 fully saturated rings. The van der Waals surface area contributed by atoms with Gasteiger partial charge in [-0.1, -0.05) is 24.6 Å². The van der Waals surface area contributed by atoms with Crippen LogP contribution in [0.25, 0.3) is 0 Å². The van der Waals surface area contributed by atoms with Crippen LogP contribution in [-0.4, -0.2) is 33.2 Å². The number of nitrogens with one attached hydrogen (secondary N) is 1. The van der Waals surface area contributed by atoms with Gasteiger partial charge in [0.25, 0.3) is 0 Å². The Morgan fingerprint density at radius 3 is 2.57 bits per heavy atom. The molecule has 5 nitrogen and oxygen atoms in total. The monoisotopic (exact) mass is 332 g/mol. The van der Waals surface area contributed by atoms with E-state index >= 15 is 0 Å². The molecule has 1 aromatic carbocycles. The Morgan fingerprint density at radius 1 is 1.43 bits per heavy atom. The fourth-order valence-electron chi connectivity index (χ4n) is 2.00. The van der Waals surface area contributed by atoms with Crippen molar-refractivity contribution in [1.29, 1.82) is 0 Å². The van der Waals surface area contributed by atoms with Crippen LogP contribution >= 0.6 is 11.6 Å². The van der Waals surface area contributed by atoms with Crippen molar-refractivity contribution in [2.24, 2.45) is 0 Å². The lowest BCUT2D eigenvalue weighted by Gasteiger charge is -2.29. The zero-order valence-electron chi connectivity index (χ0n) is 12.7. The molecule has 0 saturated heterocycles. The molecule has 0 bridgehead atoms. The highest BCUT2D eigenvalue weighted by Gasteiger charge is 2.29. The lowest BCUT2D eigenvalue weighted by molar-refractivity contribution is -0.121. The maximum absolute atomic E-state index is 12.1. The highest BCUT2D eigenvalue weighted by atomic mass is 35.5. The summed E-state index contributed by atoms with van der Waals surface area (Å²) >= 11 is 5.96. The van der Waals surface area contributed by atoms with Crippen LogP contribution in [0.2, 0.25) is 5.02 Å². The molecule has 1 N–H and O–H groups in total. The van der Waals surface area contributed by atoms with E-state index in [2.05, 4.69) is 5.32 Å². The number of sulfonamides is 1. The number of nitrogens with zero attached hydrogens (tertiary/aromatic N) is 1. The van der Waals surface area contributed by atoms with Gasteiger partial charge in [0.15, 0.2) is 0 Å². The number of hydrogen-bond donors (Lipinski definition) is 1. The number of amides is 1. The third-order valence-electron chi connectivity index (χ3n) is 3.05. The van der Waals surface area contributed by atoms with Gasteiger partial charge >= 0.3 is 0 Å². The van der Waals surface area contributed by atoms with E-state index in [0.717, 1.165) is 22.5 Å². The van der Waals surface area contributed by atoms with Crippen LogP contribution in [0.4, 0.5) is 5.69 Å². The minimum Gasteiger partial charge on any atom is -0.354 e. The van der Waals surface area contributed by atoms with Crippen LogP contribution in [0.15, 0.2) is 18.2 Å². The Labute approximate surface area is 131 Å². The van der Waals surface area contributed by atoms with Crippen molar-refractivity contribution in [1.82, 2.24) is 5.32 Å². The Balaban J connectivity index is 3.24. The maximum atomic E-state index is 12.1. The standard InChI is InChI=1S/C14H21ClN2O3S/c1-5-8-16-14(18)11(3)17(21(4,19)20)13-9-12(15)7-6-10(13)2/h6-7,9,11H,5,8H2,1-4H3,(H,16,18)/t11-/m1/s1. The van der Waals surface area contributed by atoms with Crippen LogP contribution < -0.4 is 9.62 Å². The zero-order chi connectivity index (χ0) is 16.2. The first-order valence-corrected chi connectivity index (χ1v) is 8.94. The van der Waals surface area contributed by atoms with Crippen molar-refractivity contribution in [3.05, 3.63) is 28.8 Å². The fourth-order valence-corrected chi connectivity index (χ4v) is 3.39. The Bertz CT molecular complexity index is 617. The molecule has 1 atom stereocenters. The number of aryl methyl sites for hydroxylation is 1. The summed E-state index contributed by atoms with van der Waals surface area (Å²) < 4.78 is 25.3. The Kier molecular flexibility index (Phi) is 6.04. The van der Waals surface area contributed by atoms with E-state index < -0.39 is 16.1 Å². The van der Waals surface area contributed by atoms with E-state index in [1.807, 2.05) is 6.92 Å². The number of benzene rings is 1. The topological polar surface area (TPSA) is 66.5 Å². The summed E-state index contributed by atoms with van der Waals surface area (Å²) in [4.78, 5) is 12.1. The second-order valence-corrected chi connectivity index (χ2v) is 7.25. The summed E-state index contributed by atoms with van der Waals surface area (Å²) in [5.41, 5.74) is 1.16. The van der Waals surface area contributed by atoms with Gasteiger partial charge in [0.2, 0.25) is 15.9 Å². The molecule has 118 valence electrons. The number of anilines is 1. The minimum absolute atomic E-state index is 0.332. The second-order valence-electron chi connectivity index (χ2n) is 4.96. The molecule has 0 heterocycles. The van der Waals surface area contributed by atoms with E-state index in [4.69, 9.17) is 11.6 Å². The van der Waals surface area contributed by atoms with Crippen LogP contribution in [-0.2, 0) is 14.8 Å². The van der Waals surface area contributed by atoms with Gasteiger partial charge < -0.3 is 5.32 Å². The van der Waals surface area contributed by atoms with Crippen LogP contribution in [0.1, 0.15) is 25.8 Å². The van der Waals surface area contributed by atoms with E-state index in [1.165, 1.54) is 0 Å². The fraction of sp³-hybridized carbons (Fsp3) is 0.500. The lowest BCUT2D eigenvalue weighted by Crippen LogP contribution is -2.48. The lowest BCUT2D eigenvalue weighted by atomic mass is 10.2. The predicted octanol–water partition coefficient (Wildman–Crippen LogP) is 2.33. The SMILES string of the molecule is CCCNC(=O)[C@@H](C)N(c1cc(Cl)ccc1C)S(C)(=O)=O. The molecule has 0 radical (unpaired) electrons. The molecule has 21 heavy (non-hydrogen) atoms. The normalized spacial score (nSPS) is 12.8. The van der Waals surface area contributed by atoms with Gasteiger partial charge in [-0.25, -0.2) is 8.42 Å². The van der Waals surface area contributed by atoms with Crippen molar-refractivity contribution in [2.45, 2.75) is 33.2 Å². The zero-order valence-corrected chi connectivity index (χ0v) is 14.3. The number of halogens is 1. The van der Waals surface area contributed by atoms with E-state index in [-0.39, 0.29) is 5.91 Å². The average molecular weight is 333 g/mol. The third-order valence-corrected chi connectivity index (χ3v) is 4.51. The van der Waals surface area contributed by atoms with E-state index in [1.54, 1.807) is 32.0 Å². The van der Waals surface area contributed by atoms with Crippen molar-refractivity contribution < 1.29 is 13.2 Å². The van der Waals surface area contributed by atoms with Crippen molar-refractivity contribution in [2.75, 3.05) is 17.1 Å². The number of hydrogen-bond acceptors (Lipinski definition) is 3. The molecule has 7 heteroatoms. The van der Waals surface area contributed by atoms with Gasteiger partial charge in [0.1, 0.15) is 6.04 Å². The maximum Gasteiger partial charge on any atom is 0.243 e. The second kappa shape index (κ2) is 7.13. The largest absolute Gasteiger partial charge is 0.354 e. The number of carbonyl (C=O) groups excluding carboxylic acids is 1. The molecule has 1 rings (SSSR count). The Hall–Kier alpha value is -1.27. The van der Waals surface area contributed by atoms with Crippen LogP contribution in [0.3, 0.4) is 0 Å². The summed E-state index contributed by atoms with van der Waals surface area (Å²) in [6, 6.07) is 4.13. The first kappa shape index (κ1) is 17.8. The van der Waals surface area contributed by atoms with Gasteiger partial charge in [0.05, 0.1) is 11.9 Å². The summed E-state index contributed by atoms with van der Waals surface area (Å²) in [5.74, 6) is -0.332. The summed E-state index contributed by atoms with van der Waals surface area (Å²) in [6.07, 6.45) is 1.87. The number of rotatable bonds is 6. The molecule has 0 aliphatic rings. The minimum atomic E-state index is -3.61. The quantitative estimate of drug-likeness (QED) is 0.869. The third kappa shape index (κ3) is 4.61. The van der Waals surface area contributed by atoms with Gasteiger partial charge in [-0.05, 0) is 38.0 Å². The smallest absolute Gasteiger partial charge is 0.243 e. The predicted molar refractivity (Wildman–Crippen MR) is 86.3 cm³/mol. The molecule has 0 aliphatic heterocycles. The summed E-state index contributed by atoms with van der Waals surface area (Å²) in [6.45, 7) is 5.78. The van der Waals surface area contributed by atoms with Gasteiger partial charge in [0, 0.05) is 11.6 Å². The highest BCUT2D eigenvalue weighted by Crippen LogP contribution is 2.28. The molecule has 1 aromatic rings. The first-order valence-electron chi connectivity index (χ1n) is 6.71. The molecular formula is C14H21ClN2O3S. The van der Waals surface area contributed by atoms with Gasteiger partial charge in [-0.3, -0.25) is 9.10 Å². The van der Waals surface area contributed by atoms with Crippen molar-refractivity contribution >= 4 is 33.2 Å². The molecule has 1 amide bonds. The van der Waals surface area contributed by atoms with Gasteiger partial charge in [-0.15, -0.1) is 0 Å². The highest BCUT2D eigenvalue weighted by molar-refractivity contribution is 7.92.